The standard InChI is InChI=1S/C16H17N7O/c24-16(13-3-1-4-14(11-13)23-10-7-18-20-23)22-8-2-5-15(22)12-21-9-6-17-19-21/h1,3-4,6-7,9-11,15H,2,5,8,12H2/t15-/m0/s1. The van der Waals surface area contributed by atoms with Gasteiger partial charge < -0.3 is 4.90 Å². The molecule has 0 spiro atoms. The molecule has 1 fully saturated rings. The summed E-state index contributed by atoms with van der Waals surface area (Å²) >= 11 is 0. The maximum Gasteiger partial charge on any atom is 0.254 e. The molecule has 1 amide bonds. The van der Waals surface area contributed by atoms with E-state index in [1.54, 1.807) is 28.0 Å². The normalized spacial score (nSPS) is 17.3. The lowest BCUT2D eigenvalue weighted by molar-refractivity contribution is 0.0721. The fraction of sp³-hybridized carbons (Fsp3) is 0.312. The van der Waals surface area contributed by atoms with E-state index in [1.165, 1.54) is 0 Å². The summed E-state index contributed by atoms with van der Waals surface area (Å²) in [5, 5.41) is 15.6. The Labute approximate surface area is 138 Å². The molecule has 0 aliphatic carbocycles. The molecule has 3 aromatic rings. The highest BCUT2D eigenvalue weighted by Crippen LogP contribution is 2.22. The van der Waals surface area contributed by atoms with Crippen LogP contribution in [0.2, 0.25) is 0 Å². The van der Waals surface area contributed by atoms with Crippen LogP contribution in [0.4, 0.5) is 0 Å². The van der Waals surface area contributed by atoms with Crippen LogP contribution in [0.25, 0.3) is 5.69 Å². The predicted octanol–water partition coefficient (Wildman–Crippen LogP) is 1.16. The van der Waals surface area contributed by atoms with Gasteiger partial charge in [0.1, 0.15) is 0 Å². The lowest BCUT2D eigenvalue weighted by Gasteiger charge is -2.24. The zero-order chi connectivity index (χ0) is 16.4. The zero-order valence-electron chi connectivity index (χ0n) is 13.1. The van der Waals surface area contributed by atoms with E-state index in [1.807, 2.05) is 35.4 Å². The molecule has 24 heavy (non-hydrogen) atoms. The number of amides is 1. The second kappa shape index (κ2) is 6.23. The summed E-state index contributed by atoms with van der Waals surface area (Å²) in [6, 6.07) is 7.61. The van der Waals surface area contributed by atoms with E-state index in [0.29, 0.717) is 12.1 Å². The minimum Gasteiger partial charge on any atom is -0.334 e. The van der Waals surface area contributed by atoms with Crippen LogP contribution in [0, 0.1) is 0 Å². The smallest absolute Gasteiger partial charge is 0.254 e. The lowest BCUT2D eigenvalue weighted by Crippen LogP contribution is -2.38. The van der Waals surface area contributed by atoms with Crippen molar-refractivity contribution in [3.05, 3.63) is 54.6 Å². The molecule has 1 aromatic carbocycles. The fourth-order valence-corrected chi connectivity index (χ4v) is 3.13. The molecule has 0 N–H and O–H groups in total. The SMILES string of the molecule is O=C(c1cccc(-n2ccnn2)c1)N1CCC[C@H]1Cn1ccnn1. The topological polar surface area (TPSA) is 81.7 Å². The molecule has 1 aliphatic rings. The molecule has 1 atom stereocenters. The molecule has 8 heteroatoms. The number of carbonyl (C=O) groups is 1. The van der Waals surface area contributed by atoms with Crippen molar-refractivity contribution in [3.63, 3.8) is 0 Å². The van der Waals surface area contributed by atoms with Gasteiger partial charge in [0.2, 0.25) is 0 Å². The van der Waals surface area contributed by atoms with E-state index in [9.17, 15) is 4.79 Å². The van der Waals surface area contributed by atoms with Gasteiger partial charge in [-0.2, -0.15) is 0 Å². The number of carbonyl (C=O) groups excluding carboxylic acids is 1. The number of hydrogen-bond acceptors (Lipinski definition) is 5. The first kappa shape index (κ1) is 14.6. The monoisotopic (exact) mass is 323 g/mol. The molecule has 8 nitrogen and oxygen atoms in total. The summed E-state index contributed by atoms with van der Waals surface area (Å²) in [4.78, 5) is 14.9. The van der Waals surface area contributed by atoms with E-state index < -0.39 is 0 Å². The second-order valence-electron chi connectivity index (χ2n) is 5.82. The average molecular weight is 323 g/mol. The lowest BCUT2D eigenvalue weighted by atomic mass is 10.1. The van der Waals surface area contributed by atoms with Gasteiger partial charge in [0, 0.05) is 18.3 Å². The van der Waals surface area contributed by atoms with Gasteiger partial charge in [0.05, 0.1) is 36.9 Å². The van der Waals surface area contributed by atoms with Crippen molar-refractivity contribution < 1.29 is 4.79 Å². The van der Waals surface area contributed by atoms with Crippen molar-refractivity contribution in [2.75, 3.05) is 6.54 Å². The molecule has 0 unspecified atom stereocenters. The highest BCUT2D eigenvalue weighted by Gasteiger charge is 2.30. The molecular weight excluding hydrogens is 306 g/mol. The van der Waals surface area contributed by atoms with Gasteiger partial charge >= 0.3 is 0 Å². The molecule has 122 valence electrons. The molecule has 1 saturated heterocycles. The predicted molar refractivity (Wildman–Crippen MR) is 85.4 cm³/mol. The number of nitrogens with zero attached hydrogens (tertiary/aromatic N) is 7. The Morgan fingerprint density at radius 1 is 1.17 bits per heavy atom. The van der Waals surface area contributed by atoms with Crippen LogP contribution in [0.5, 0.6) is 0 Å². The van der Waals surface area contributed by atoms with Crippen molar-refractivity contribution in [2.24, 2.45) is 0 Å². The third kappa shape index (κ3) is 2.78. The average Bonchev–Trinajstić information content (AvgIpc) is 3.37. The molecule has 1 aliphatic heterocycles. The van der Waals surface area contributed by atoms with Gasteiger partial charge in [0.15, 0.2) is 0 Å². The van der Waals surface area contributed by atoms with Crippen LogP contribution in [0.3, 0.4) is 0 Å². The third-order valence-corrected chi connectivity index (χ3v) is 4.29. The summed E-state index contributed by atoms with van der Waals surface area (Å²) in [5.74, 6) is 0.0413. The maximum absolute atomic E-state index is 12.9. The number of likely N-dealkylation sites (tertiary alicyclic amines) is 1. The van der Waals surface area contributed by atoms with E-state index in [-0.39, 0.29) is 11.9 Å². The Morgan fingerprint density at radius 2 is 2.04 bits per heavy atom. The Morgan fingerprint density at radius 3 is 2.83 bits per heavy atom. The number of rotatable bonds is 4. The van der Waals surface area contributed by atoms with Crippen LogP contribution in [0.15, 0.2) is 49.1 Å². The van der Waals surface area contributed by atoms with E-state index in [2.05, 4.69) is 20.6 Å². The van der Waals surface area contributed by atoms with Gasteiger partial charge in [-0.1, -0.05) is 16.5 Å². The van der Waals surface area contributed by atoms with Gasteiger partial charge in [-0.15, -0.1) is 10.2 Å². The summed E-state index contributed by atoms with van der Waals surface area (Å²) in [7, 11) is 0. The van der Waals surface area contributed by atoms with Crippen LogP contribution < -0.4 is 0 Å². The minimum absolute atomic E-state index is 0.0413. The zero-order valence-corrected chi connectivity index (χ0v) is 13.1. The van der Waals surface area contributed by atoms with Gasteiger partial charge in [-0.25, -0.2) is 4.68 Å². The third-order valence-electron chi connectivity index (χ3n) is 4.29. The van der Waals surface area contributed by atoms with Crippen molar-refractivity contribution in [2.45, 2.75) is 25.4 Å². The fourth-order valence-electron chi connectivity index (χ4n) is 3.13. The van der Waals surface area contributed by atoms with E-state index in [4.69, 9.17) is 0 Å². The molecule has 0 saturated carbocycles. The Hall–Kier alpha value is -3.03. The van der Waals surface area contributed by atoms with E-state index >= 15 is 0 Å². The Kier molecular flexibility index (Phi) is 3.78. The van der Waals surface area contributed by atoms with E-state index in [0.717, 1.165) is 25.1 Å². The van der Waals surface area contributed by atoms with Crippen LogP contribution in [-0.2, 0) is 6.54 Å². The summed E-state index contributed by atoms with van der Waals surface area (Å²) in [6.45, 7) is 1.44. The second-order valence-corrected chi connectivity index (χ2v) is 5.82. The number of benzene rings is 1. The van der Waals surface area contributed by atoms with Gasteiger partial charge in [0.25, 0.3) is 5.91 Å². The first-order valence-electron chi connectivity index (χ1n) is 7.93. The van der Waals surface area contributed by atoms with Crippen LogP contribution >= 0.6 is 0 Å². The highest BCUT2D eigenvalue weighted by atomic mass is 16.2. The van der Waals surface area contributed by atoms with Gasteiger partial charge in [-0.3, -0.25) is 9.48 Å². The Bertz CT molecular complexity index is 813. The van der Waals surface area contributed by atoms with Crippen molar-refractivity contribution in [1.29, 1.82) is 0 Å². The largest absolute Gasteiger partial charge is 0.334 e. The molecule has 4 rings (SSSR count). The molecule has 3 heterocycles. The minimum atomic E-state index is 0.0413. The number of hydrogen-bond donors (Lipinski definition) is 0. The Balaban J connectivity index is 1.55. The quantitative estimate of drug-likeness (QED) is 0.720. The molecule has 0 radical (unpaired) electrons. The first-order valence-corrected chi connectivity index (χ1v) is 7.93. The first-order chi connectivity index (χ1) is 11.8. The summed E-state index contributed by atoms with van der Waals surface area (Å²) in [6.07, 6.45) is 8.84. The van der Waals surface area contributed by atoms with Crippen molar-refractivity contribution in [3.8, 4) is 5.69 Å². The van der Waals surface area contributed by atoms with Crippen LogP contribution in [0.1, 0.15) is 23.2 Å². The number of aromatic nitrogens is 6. The van der Waals surface area contributed by atoms with Crippen LogP contribution in [-0.4, -0.2) is 53.4 Å². The van der Waals surface area contributed by atoms with Crippen molar-refractivity contribution in [1.82, 2.24) is 34.9 Å². The summed E-state index contributed by atoms with van der Waals surface area (Å²) < 4.78 is 3.43. The summed E-state index contributed by atoms with van der Waals surface area (Å²) in [5.41, 5.74) is 1.49. The highest BCUT2D eigenvalue weighted by molar-refractivity contribution is 5.95. The van der Waals surface area contributed by atoms with Gasteiger partial charge in [-0.05, 0) is 31.0 Å². The molecule has 2 aromatic heterocycles. The molecule has 0 bridgehead atoms. The van der Waals surface area contributed by atoms with Crippen molar-refractivity contribution >= 4 is 5.91 Å². The maximum atomic E-state index is 12.9. The molecular formula is C16H17N7O.